The van der Waals surface area contributed by atoms with Crippen molar-refractivity contribution in [3.63, 3.8) is 0 Å². The molecule has 0 aliphatic rings. The summed E-state index contributed by atoms with van der Waals surface area (Å²) in [7, 11) is 0. The summed E-state index contributed by atoms with van der Waals surface area (Å²) in [4.78, 5) is 16.1. The Bertz CT molecular complexity index is 520. The fourth-order valence-corrected chi connectivity index (χ4v) is 2.83. The molecular weight excluding hydrogens is 254 g/mol. The Kier molecular flexibility index (Phi) is 3.81. The van der Waals surface area contributed by atoms with Gasteiger partial charge in [-0.3, -0.25) is 0 Å². The average molecular weight is 265 g/mol. The predicted octanol–water partition coefficient (Wildman–Crippen LogP) is 3.44. The maximum absolute atomic E-state index is 10.7. The normalized spacial score (nSPS) is 10.4. The molecule has 0 amide bonds. The van der Waals surface area contributed by atoms with Gasteiger partial charge in [-0.2, -0.15) is 0 Å². The molecule has 0 fully saturated rings. The van der Waals surface area contributed by atoms with Crippen LogP contribution in [0.3, 0.4) is 0 Å². The van der Waals surface area contributed by atoms with Crippen LogP contribution in [0, 0.1) is 6.92 Å². The van der Waals surface area contributed by atoms with Crippen LogP contribution in [0.5, 0.6) is 0 Å². The van der Waals surface area contributed by atoms with Crippen molar-refractivity contribution < 1.29 is 9.90 Å². The van der Waals surface area contributed by atoms with Gasteiger partial charge in [-0.25, -0.2) is 9.78 Å². The third-order valence-electron chi connectivity index (χ3n) is 2.15. The monoisotopic (exact) mass is 265 g/mol. The number of carboxylic acids is 1. The highest BCUT2D eigenvalue weighted by molar-refractivity contribution is 7.98. The summed E-state index contributed by atoms with van der Waals surface area (Å²) in [6.45, 7) is 1.99. The molecule has 2 aromatic rings. The number of carbonyl (C=O) groups is 1. The predicted molar refractivity (Wildman–Crippen MR) is 69.8 cm³/mol. The average Bonchev–Trinajstić information content (AvgIpc) is 2.73. The third kappa shape index (κ3) is 3.31. The number of benzene rings is 1. The quantitative estimate of drug-likeness (QED) is 0.860. The van der Waals surface area contributed by atoms with E-state index in [4.69, 9.17) is 5.11 Å². The maximum atomic E-state index is 10.7. The van der Waals surface area contributed by atoms with Gasteiger partial charge in [0.15, 0.2) is 0 Å². The van der Waals surface area contributed by atoms with E-state index in [1.165, 1.54) is 0 Å². The van der Waals surface area contributed by atoms with Crippen LogP contribution in [0.2, 0.25) is 0 Å². The Balaban J connectivity index is 1.97. The third-order valence-corrected chi connectivity index (χ3v) is 4.02. The molecule has 88 valence electrons. The molecule has 3 nitrogen and oxygen atoms in total. The summed E-state index contributed by atoms with van der Waals surface area (Å²) in [5, 5.41) is 11.9. The summed E-state index contributed by atoms with van der Waals surface area (Å²) >= 11 is 3.30. The highest BCUT2D eigenvalue weighted by Gasteiger charge is 2.03. The molecule has 2 rings (SSSR count). The molecule has 0 bridgehead atoms. The zero-order valence-corrected chi connectivity index (χ0v) is 10.8. The fraction of sp³-hybridized carbons (Fsp3) is 0.167. The zero-order valence-electron chi connectivity index (χ0n) is 9.21. The first kappa shape index (κ1) is 12.1. The van der Waals surface area contributed by atoms with Crippen LogP contribution in [0.4, 0.5) is 0 Å². The smallest absolute Gasteiger partial charge is 0.335 e. The number of aromatic nitrogens is 1. The van der Waals surface area contributed by atoms with E-state index in [-0.39, 0.29) is 0 Å². The minimum atomic E-state index is -0.892. The van der Waals surface area contributed by atoms with Crippen molar-refractivity contribution in [1.29, 1.82) is 0 Å². The zero-order chi connectivity index (χ0) is 12.3. The summed E-state index contributed by atoms with van der Waals surface area (Å²) in [5.74, 6) is -0.0757. The summed E-state index contributed by atoms with van der Waals surface area (Å²) in [5.41, 5.74) is 1.39. The van der Waals surface area contributed by atoms with Crippen LogP contribution in [0.25, 0.3) is 0 Å². The first-order valence-electron chi connectivity index (χ1n) is 5.02. The number of thiazole rings is 1. The van der Waals surface area contributed by atoms with Gasteiger partial charge in [0.1, 0.15) is 0 Å². The lowest BCUT2D eigenvalue weighted by atomic mass is 10.2. The highest BCUT2D eigenvalue weighted by atomic mass is 32.2. The lowest BCUT2D eigenvalue weighted by Gasteiger charge is -2.00. The molecule has 0 unspecified atom stereocenters. The molecule has 17 heavy (non-hydrogen) atoms. The second-order valence-corrected chi connectivity index (χ2v) is 5.59. The number of hydrogen-bond acceptors (Lipinski definition) is 4. The minimum Gasteiger partial charge on any atom is -0.478 e. The lowest BCUT2D eigenvalue weighted by molar-refractivity contribution is 0.0697. The number of aryl methyl sites for hydroxylation is 1. The molecule has 1 N–H and O–H groups in total. The molecule has 1 aromatic heterocycles. The van der Waals surface area contributed by atoms with E-state index in [0.29, 0.717) is 5.56 Å². The Labute approximate surface area is 108 Å². The number of aromatic carboxylic acids is 1. The number of carboxylic acid groups (broad SMARTS) is 1. The fourth-order valence-electron chi connectivity index (χ4n) is 1.33. The molecule has 0 atom stereocenters. The van der Waals surface area contributed by atoms with E-state index in [1.54, 1.807) is 35.2 Å². The molecule has 5 heteroatoms. The van der Waals surface area contributed by atoms with Gasteiger partial charge in [-0.15, -0.1) is 23.1 Å². The summed E-state index contributed by atoms with van der Waals surface area (Å²) < 4.78 is 0. The standard InChI is InChI=1S/C12H11NO2S2/c1-8-13-10(6-16-8)7-17-11-4-2-9(3-5-11)12(14)15/h2-6H,7H2,1H3,(H,14,15). The highest BCUT2D eigenvalue weighted by Crippen LogP contribution is 2.23. The van der Waals surface area contributed by atoms with E-state index in [2.05, 4.69) is 4.98 Å². The van der Waals surface area contributed by atoms with Crippen molar-refractivity contribution in [2.45, 2.75) is 17.6 Å². The molecular formula is C12H11NO2S2. The van der Waals surface area contributed by atoms with Gasteiger partial charge in [0.2, 0.25) is 0 Å². The second-order valence-electron chi connectivity index (χ2n) is 3.48. The van der Waals surface area contributed by atoms with Crippen molar-refractivity contribution in [2.24, 2.45) is 0 Å². The Morgan fingerprint density at radius 1 is 1.41 bits per heavy atom. The number of rotatable bonds is 4. The van der Waals surface area contributed by atoms with Crippen LogP contribution in [-0.4, -0.2) is 16.1 Å². The maximum Gasteiger partial charge on any atom is 0.335 e. The summed E-state index contributed by atoms with van der Waals surface area (Å²) in [6, 6.07) is 6.90. The van der Waals surface area contributed by atoms with Crippen LogP contribution < -0.4 is 0 Å². The van der Waals surface area contributed by atoms with Gasteiger partial charge < -0.3 is 5.11 Å². The van der Waals surface area contributed by atoms with E-state index < -0.39 is 5.97 Å². The molecule has 0 saturated heterocycles. The first-order valence-corrected chi connectivity index (χ1v) is 6.89. The molecule has 0 aliphatic heterocycles. The van der Waals surface area contributed by atoms with E-state index in [9.17, 15) is 4.79 Å². The number of nitrogens with zero attached hydrogens (tertiary/aromatic N) is 1. The van der Waals surface area contributed by atoms with Crippen LogP contribution in [0.15, 0.2) is 34.5 Å². The van der Waals surface area contributed by atoms with Gasteiger partial charge in [-0.1, -0.05) is 0 Å². The molecule has 1 heterocycles. The topological polar surface area (TPSA) is 50.2 Å². The van der Waals surface area contributed by atoms with Gasteiger partial charge >= 0.3 is 5.97 Å². The Morgan fingerprint density at radius 3 is 2.65 bits per heavy atom. The van der Waals surface area contributed by atoms with Crippen molar-refractivity contribution in [1.82, 2.24) is 4.98 Å². The molecule has 0 saturated carbocycles. The van der Waals surface area contributed by atoms with E-state index in [0.717, 1.165) is 21.3 Å². The van der Waals surface area contributed by atoms with Crippen LogP contribution in [-0.2, 0) is 5.75 Å². The SMILES string of the molecule is Cc1nc(CSc2ccc(C(=O)O)cc2)cs1. The van der Waals surface area contributed by atoms with Gasteiger partial charge in [0.25, 0.3) is 0 Å². The minimum absolute atomic E-state index is 0.318. The van der Waals surface area contributed by atoms with Crippen LogP contribution in [0.1, 0.15) is 21.1 Å². The second kappa shape index (κ2) is 5.33. The first-order chi connectivity index (χ1) is 8.15. The van der Waals surface area contributed by atoms with E-state index >= 15 is 0 Å². The van der Waals surface area contributed by atoms with Crippen molar-refractivity contribution in [3.8, 4) is 0 Å². The molecule has 0 aliphatic carbocycles. The van der Waals surface area contributed by atoms with Gasteiger partial charge in [0, 0.05) is 16.0 Å². The van der Waals surface area contributed by atoms with Crippen molar-refractivity contribution in [3.05, 3.63) is 45.9 Å². The molecule has 0 spiro atoms. The largest absolute Gasteiger partial charge is 0.478 e. The number of thioether (sulfide) groups is 1. The van der Waals surface area contributed by atoms with Crippen molar-refractivity contribution in [2.75, 3.05) is 0 Å². The summed E-state index contributed by atoms with van der Waals surface area (Å²) in [6.07, 6.45) is 0. The van der Waals surface area contributed by atoms with E-state index in [1.807, 2.05) is 24.4 Å². The van der Waals surface area contributed by atoms with Gasteiger partial charge in [-0.05, 0) is 31.2 Å². The molecule has 1 aromatic carbocycles. The Morgan fingerprint density at radius 2 is 2.12 bits per heavy atom. The Hall–Kier alpha value is -1.33. The van der Waals surface area contributed by atoms with Crippen LogP contribution >= 0.6 is 23.1 Å². The van der Waals surface area contributed by atoms with Crippen molar-refractivity contribution >= 4 is 29.1 Å². The molecule has 0 radical (unpaired) electrons. The number of hydrogen-bond donors (Lipinski definition) is 1. The lowest BCUT2D eigenvalue weighted by Crippen LogP contribution is -1.94. The van der Waals surface area contributed by atoms with Gasteiger partial charge in [0.05, 0.1) is 16.3 Å².